The third-order valence-corrected chi connectivity index (χ3v) is 0.823. The molecule has 4 nitrogen and oxygen atoms in total. The Hall–Kier alpha value is -0.640. The van der Waals surface area contributed by atoms with Gasteiger partial charge >= 0.3 is 0 Å². The summed E-state index contributed by atoms with van der Waals surface area (Å²) in [5.41, 5.74) is 0. The van der Waals surface area contributed by atoms with Gasteiger partial charge in [0.15, 0.2) is 0 Å². The van der Waals surface area contributed by atoms with Gasteiger partial charge < -0.3 is 0 Å². The van der Waals surface area contributed by atoms with Crippen LogP contribution >= 0.6 is 0 Å². The summed E-state index contributed by atoms with van der Waals surface area (Å²) >= 11 is 0. The van der Waals surface area contributed by atoms with Gasteiger partial charge in [-0.05, 0) is 6.42 Å². The molecule has 0 saturated heterocycles. The molecule has 1 heterocycles. The van der Waals surface area contributed by atoms with E-state index in [-0.39, 0.29) is 0 Å². The quantitative estimate of drug-likeness (QED) is 0.433. The average molecular weight is 100 g/mol. The minimum Gasteiger partial charge on any atom is -0.230 e. The maximum atomic E-state index is 5.21. The lowest BCUT2D eigenvalue weighted by molar-refractivity contribution is 0.247. The first-order chi connectivity index (χ1) is 3.39. The second-order valence-electron chi connectivity index (χ2n) is 1.47. The molecule has 1 aliphatic rings. The highest BCUT2D eigenvalue weighted by Gasteiger charge is 1.97. The van der Waals surface area contributed by atoms with Crippen LogP contribution in [-0.4, -0.2) is 18.2 Å². The fraction of sp³-hybridized carbons (Fsp3) is 1.00. The van der Waals surface area contributed by atoms with E-state index in [2.05, 4.69) is 10.3 Å². The summed E-state index contributed by atoms with van der Waals surface area (Å²) in [7, 11) is 0. The van der Waals surface area contributed by atoms with Crippen LogP contribution < -0.4 is 5.84 Å². The van der Waals surface area contributed by atoms with E-state index in [0.29, 0.717) is 0 Å². The van der Waals surface area contributed by atoms with Crippen molar-refractivity contribution in [1.82, 2.24) is 5.12 Å². The SMILES string of the molecule is NN1CCCN=N1. The highest BCUT2D eigenvalue weighted by Crippen LogP contribution is 1.93. The van der Waals surface area contributed by atoms with E-state index in [9.17, 15) is 0 Å². The van der Waals surface area contributed by atoms with Crippen molar-refractivity contribution in [2.24, 2.45) is 16.2 Å². The summed E-state index contributed by atoms with van der Waals surface area (Å²) in [6.45, 7) is 1.66. The van der Waals surface area contributed by atoms with Crippen LogP contribution in [0.3, 0.4) is 0 Å². The van der Waals surface area contributed by atoms with Gasteiger partial charge in [-0.3, -0.25) is 0 Å². The number of hydrazine groups is 1. The molecule has 0 bridgehead atoms. The Morgan fingerprint density at radius 1 is 1.57 bits per heavy atom. The molecule has 1 rings (SSSR count). The molecule has 7 heavy (non-hydrogen) atoms. The molecule has 0 radical (unpaired) electrons. The molecule has 0 fully saturated rings. The Labute approximate surface area is 42.0 Å². The smallest absolute Gasteiger partial charge is 0.0639 e. The van der Waals surface area contributed by atoms with E-state index in [1.807, 2.05) is 0 Å². The normalized spacial score (nSPS) is 20.4. The van der Waals surface area contributed by atoms with Gasteiger partial charge in [0.05, 0.1) is 13.1 Å². The van der Waals surface area contributed by atoms with E-state index >= 15 is 0 Å². The number of hydrogen-bond acceptors (Lipinski definition) is 4. The molecule has 0 unspecified atom stereocenters. The van der Waals surface area contributed by atoms with Gasteiger partial charge in [-0.25, -0.2) is 11.0 Å². The molecular weight excluding hydrogens is 92.1 g/mol. The molecule has 0 aliphatic carbocycles. The van der Waals surface area contributed by atoms with Gasteiger partial charge in [-0.2, -0.15) is 5.11 Å². The van der Waals surface area contributed by atoms with E-state index < -0.39 is 0 Å². The van der Waals surface area contributed by atoms with Crippen LogP contribution in [0.2, 0.25) is 0 Å². The van der Waals surface area contributed by atoms with E-state index in [1.165, 1.54) is 5.12 Å². The molecule has 0 aromatic carbocycles. The van der Waals surface area contributed by atoms with E-state index in [0.717, 1.165) is 19.5 Å². The van der Waals surface area contributed by atoms with Crippen molar-refractivity contribution < 1.29 is 0 Å². The van der Waals surface area contributed by atoms with Crippen molar-refractivity contribution in [3.63, 3.8) is 0 Å². The number of hydrogen-bond donors (Lipinski definition) is 1. The molecule has 40 valence electrons. The molecular formula is C3H8N4. The average Bonchev–Trinajstić information content (AvgIpc) is 1.69. The van der Waals surface area contributed by atoms with Gasteiger partial charge in [0, 0.05) is 0 Å². The summed E-state index contributed by atoms with van der Waals surface area (Å²) in [4.78, 5) is 0. The van der Waals surface area contributed by atoms with Crippen molar-refractivity contribution >= 4 is 0 Å². The van der Waals surface area contributed by atoms with E-state index in [1.54, 1.807) is 0 Å². The molecule has 0 spiro atoms. The minimum absolute atomic E-state index is 0.827. The molecule has 0 saturated carbocycles. The lowest BCUT2D eigenvalue weighted by Gasteiger charge is -2.12. The zero-order valence-corrected chi connectivity index (χ0v) is 4.04. The zero-order valence-electron chi connectivity index (χ0n) is 4.04. The van der Waals surface area contributed by atoms with Crippen LogP contribution in [0.1, 0.15) is 6.42 Å². The molecule has 1 aliphatic heterocycles. The van der Waals surface area contributed by atoms with Gasteiger partial charge in [0.25, 0.3) is 0 Å². The summed E-state index contributed by atoms with van der Waals surface area (Å²) in [5.74, 6) is 5.21. The standard InChI is InChI=1S/C3H8N4/c4-7-3-1-2-5-6-7/h1-4H2. The monoisotopic (exact) mass is 100 g/mol. The number of nitrogens with zero attached hydrogens (tertiary/aromatic N) is 3. The number of rotatable bonds is 0. The first-order valence-corrected chi connectivity index (χ1v) is 2.29. The Kier molecular flexibility index (Phi) is 1.21. The summed E-state index contributed by atoms with van der Waals surface area (Å²) in [5, 5.41) is 8.60. The van der Waals surface area contributed by atoms with Gasteiger partial charge in [0.2, 0.25) is 0 Å². The van der Waals surface area contributed by atoms with Gasteiger partial charge in [-0.1, -0.05) is 5.22 Å². The minimum atomic E-state index is 0.827. The van der Waals surface area contributed by atoms with Crippen LogP contribution in [0, 0.1) is 0 Å². The zero-order chi connectivity index (χ0) is 5.11. The van der Waals surface area contributed by atoms with Gasteiger partial charge in [-0.15, -0.1) is 0 Å². The topological polar surface area (TPSA) is 54.0 Å². The maximum Gasteiger partial charge on any atom is 0.0639 e. The van der Waals surface area contributed by atoms with Crippen molar-refractivity contribution in [3.8, 4) is 0 Å². The fourth-order valence-electron chi connectivity index (χ4n) is 0.474. The van der Waals surface area contributed by atoms with Crippen molar-refractivity contribution in [1.29, 1.82) is 0 Å². The lowest BCUT2D eigenvalue weighted by atomic mass is 10.4. The van der Waals surface area contributed by atoms with Crippen molar-refractivity contribution in [3.05, 3.63) is 0 Å². The summed E-state index contributed by atoms with van der Waals surface area (Å²) < 4.78 is 0. The Bertz CT molecular complexity index is 79.0. The third kappa shape index (κ3) is 1.12. The predicted octanol–water partition coefficient (Wildman–Crippen LogP) is -0.0670. The Morgan fingerprint density at radius 3 is 2.71 bits per heavy atom. The van der Waals surface area contributed by atoms with Crippen molar-refractivity contribution in [2.45, 2.75) is 6.42 Å². The van der Waals surface area contributed by atoms with Crippen LogP contribution in [0.4, 0.5) is 0 Å². The summed E-state index contributed by atoms with van der Waals surface area (Å²) in [6, 6.07) is 0. The molecule has 2 N–H and O–H groups in total. The predicted molar refractivity (Wildman–Crippen MR) is 25.2 cm³/mol. The highest BCUT2D eigenvalue weighted by atomic mass is 15.7. The molecule has 4 heteroatoms. The van der Waals surface area contributed by atoms with Gasteiger partial charge in [0.1, 0.15) is 0 Å². The fourth-order valence-corrected chi connectivity index (χ4v) is 0.474. The number of nitrogens with two attached hydrogens (primary N) is 1. The first kappa shape index (κ1) is 4.52. The summed E-state index contributed by atoms with van der Waals surface area (Å²) in [6.07, 6.45) is 1.03. The van der Waals surface area contributed by atoms with Crippen molar-refractivity contribution in [2.75, 3.05) is 13.1 Å². The third-order valence-electron chi connectivity index (χ3n) is 0.823. The first-order valence-electron chi connectivity index (χ1n) is 2.29. The van der Waals surface area contributed by atoms with Crippen LogP contribution in [0.15, 0.2) is 10.3 Å². The Morgan fingerprint density at radius 2 is 2.43 bits per heavy atom. The van der Waals surface area contributed by atoms with Crippen LogP contribution in [0.5, 0.6) is 0 Å². The van der Waals surface area contributed by atoms with E-state index in [4.69, 9.17) is 5.84 Å². The second kappa shape index (κ2) is 1.88. The maximum absolute atomic E-state index is 5.21. The molecule has 0 aromatic rings. The second-order valence-corrected chi connectivity index (χ2v) is 1.47. The lowest BCUT2D eigenvalue weighted by Crippen LogP contribution is -2.28. The van der Waals surface area contributed by atoms with Crippen LogP contribution in [0.25, 0.3) is 0 Å². The van der Waals surface area contributed by atoms with Crippen LogP contribution in [-0.2, 0) is 0 Å². The molecule has 0 atom stereocenters. The molecule has 0 amide bonds. The Balaban J connectivity index is 2.36. The highest BCUT2D eigenvalue weighted by molar-refractivity contribution is 4.48. The molecule has 0 aromatic heterocycles. The largest absolute Gasteiger partial charge is 0.230 e.